The molecule has 6 amide bonds. The molecule has 0 spiro atoms. The lowest BCUT2D eigenvalue weighted by Gasteiger charge is -2.34. The minimum atomic E-state index is -1.42. The van der Waals surface area contributed by atoms with Crippen LogP contribution < -0.4 is 26.6 Å². The van der Waals surface area contributed by atoms with Gasteiger partial charge in [0.05, 0.1) is 42.6 Å². The molecule has 2 heterocycles. The summed E-state index contributed by atoms with van der Waals surface area (Å²) in [5, 5.41) is 35.0. The molecule has 0 aliphatic heterocycles. The SMILES string of the molecule is CN(C(=O)C[C@H](O)[C@H](CC1CCCCC1)NC(=O)[C@H](Cc1c[nH]cn1)NC(=O)[C@H](Cc1ccccc1)NC(=O)O)[C@@H](Cc1c[nH]cn1)NC(=O)[C@H](Cc1ccccc1)NC(=O)OC(C)(C)C. The molecule has 0 bridgehead atoms. The van der Waals surface area contributed by atoms with E-state index in [1.807, 2.05) is 30.3 Å². The van der Waals surface area contributed by atoms with Gasteiger partial charge in [-0.25, -0.2) is 19.6 Å². The van der Waals surface area contributed by atoms with Gasteiger partial charge in [-0.1, -0.05) is 92.8 Å². The Balaban J connectivity index is 1.35. The Morgan fingerprint density at radius 1 is 0.712 bits per heavy atom. The second-order valence-electron chi connectivity index (χ2n) is 17.8. The number of carbonyl (C=O) groups excluding carboxylic acids is 5. The fraction of sp³-hybridized carbons (Fsp3) is 0.489. The van der Waals surface area contributed by atoms with Crippen LogP contribution in [0.25, 0.3) is 0 Å². The standard InChI is InChI=1S/C47H64N10O9/c1-47(2,3)66-46(65)55-37(22-32-18-12-7-13-19-32)44(62)56-40(24-34-27-49-29-51-34)57(4)41(59)25-39(58)35(20-30-14-8-5-9-15-30)52-43(61)38(23-33-26-48-28-50-33)53-42(60)36(54-45(63)64)21-31-16-10-6-11-17-31/h6-7,10-13,16-19,26-30,35-40,54,58H,5,8-9,14-15,20-25H2,1-4H3,(H,48,50)(H,49,51)(H,52,61)(H,53,60)(H,55,65)(H,56,62)(H,63,64)/t35-,36-,37-,38-,39-,40-/m0/s1. The summed E-state index contributed by atoms with van der Waals surface area (Å²) in [7, 11) is 1.49. The summed E-state index contributed by atoms with van der Waals surface area (Å²) in [6, 6.07) is 13.4. The highest BCUT2D eigenvalue weighted by atomic mass is 16.6. The van der Waals surface area contributed by atoms with E-state index in [0.717, 1.165) is 37.7 Å². The molecule has 0 radical (unpaired) electrons. The minimum absolute atomic E-state index is 0.0178. The first-order valence-corrected chi connectivity index (χ1v) is 22.4. The number of aromatic amines is 2. The van der Waals surface area contributed by atoms with Crippen LogP contribution in [0.1, 0.15) is 88.2 Å². The van der Waals surface area contributed by atoms with Gasteiger partial charge in [0.1, 0.15) is 29.9 Å². The third-order valence-electron chi connectivity index (χ3n) is 11.4. The quantitative estimate of drug-likeness (QED) is 0.0515. The van der Waals surface area contributed by atoms with E-state index in [0.29, 0.717) is 23.4 Å². The number of nitrogens with zero attached hydrogens (tertiary/aromatic N) is 3. The van der Waals surface area contributed by atoms with Gasteiger partial charge in [0.2, 0.25) is 23.6 Å². The Morgan fingerprint density at radius 2 is 1.23 bits per heavy atom. The topological polar surface area (TPSA) is 273 Å². The van der Waals surface area contributed by atoms with Crippen molar-refractivity contribution >= 4 is 35.8 Å². The number of hydrogen-bond donors (Lipinski definition) is 9. The van der Waals surface area contributed by atoms with E-state index in [1.165, 1.54) is 24.6 Å². The van der Waals surface area contributed by atoms with E-state index in [4.69, 9.17) is 4.74 Å². The molecule has 19 heteroatoms. The molecule has 6 atom stereocenters. The predicted octanol–water partition coefficient (Wildman–Crippen LogP) is 3.52. The zero-order chi connectivity index (χ0) is 47.6. The first-order valence-electron chi connectivity index (χ1n) is 22.4. The van der Waals surface area contributed by atoms with Crippen molar-refractivity contribution in [2.45, 2.75) is 133 Å². The number of nitrogens with one attached hydrogen (secondary N) is 7. The first-order chi connectivity index (χ1) is 31.5. The highest BCUT2D eigenvalue weighted by Gasteiger charge is 2.35. The largest absolute Gasteiger partial charge is 0.465 e. The van der Waals surface area contributed by atoms with Crippen molar-refractivity contribution in [3.05, 3.63) is 108 Å². The van der Waals surface area contributed by atoms with Crippen LogP contribution in [0.3, 0.4) is 0 Å². The molecule has 2 aromatic heterocycles. The zero-order valence-corrected chi connectivity index (χ0v) is 38.0. The molecule has 2 aromatic carbocycles. The molecule has 356 valence electrons. The highest BCUT2D eigenvalue weighted by molar-refractivity contribution is 5.92. The van der Waals surface area contributed by atoms with E-state index in [2.05, 4.69) is 46.5 Å². The molecule has 1 saturated carbocycles. The molecule has 1 aliphatic carbocycles. The lowest BCUT2D eigenvalue weighted by molar-refractivity contribution is -0.137. The van der Waals surface area contributed by atoms with Gasteiger partial charge < -0.3 is 56.4 Å². The molecule has 66 heavy (non-hydrogen) atoms. The Morgan fingerprint density at radius 3 is 1.76 bits per heavy atom. The maximum Gasteiger partial charge on any atom is 0.408 e. The summed E-state index contributed by atoms with van der Waals surface area (Å²) in [5.74, 6) is -2.42. The van der Waals surface area contributed by atoms with Gasteiger partial charge in [0.25, 0.3) is 0 Å². The summed E-state index contributed by atoms with van der Waals surface area (Å²) >= 11 is 0. The number of imidazole rings is 2. The third-order valence-corrected chi connectivity index (χ3v) is 11.4. The molecule has 0 saturated heterocycles. The molecule has 1 aliphatic rings. The van der Waals surface area contributed by atoms with Gasteiger partial charge in [-0.15, -0.1) is 0 Å². The van der Waals surface area contributed by atoms with Crippen molar-refractivity contribution in [2.75, 3.05) is 7.05 Å². The lowest BCUT2D eigenvalue weighted by atomic mass is 9.83. The predicted molar refractivity (Wildman–Crippen MR) is 243 cm³/mol. The fourth-order valence-electron chi connectivity index (χ4n) is 7.98. The minimum Gasteiger partial charge on any atom is -0.465 e. The third kappa shape index (κ3) is 16.7. The smallest absolute Gasteiger partial charge is 0.408 e. The Labute approximate surface area is 384 Å². The van der Waals surface area contributed by atoms with Gasteiger partial charge in [-0.3, -0.25) is 19.2 Å². The van der Waals surface area contributed by atoms with Crippen LogP contribution in [0.4, 0.5) is 9.59 Å². The van der Waals surface area contributed by atoms with E-state index in [-0.39, 0.29) is 31.6 Å². The van der Waals surface area contributed by atoms with E-state index >= 15 is 0 Å². The molecular weight excluding hydrogens is 849 g/mol. The average Bonchev–Trinajstić information content (AvgIpc) is 4.00. The molecule has 5 rings (SSSR count). The Bertz CT molecular complexity index is 2140. The summed E-state index contributed by atoms with van der Waals surface area (Å²) in [6.45, 7) is 5.13. The second kappa shape index (κ2) is 24.5. The Hall–Kier alpha value is -6.76. The molecule has 9 N–H and O–H groups in total. The molecule has 4 aromatic rings. The summed E-state index contributed by atoms with van der Waals surface area (Å²) in [4.78, 5) is 96.8. The van der Waals surface area contributed by atoms with Crippen molar-refractivity contribution in [3.8, 4) is 0 Å². The Kier molecular flexibility index (Phi) is 18.7. The highest BCUT2D eigenvalue weighted by Crippen LogP contribution is 2.29. The number of hydrogen-bond acceptors (Lipinski definition) is 10. The zero-order valence-electron chi connectivity index (χ0n) is 38.0. The van der Waals surface area contributed by atoms with Gasteiger partial charge in [0.15, 0.2) is 0 Å². The average molecular weight is 913 g/mol. The molecule has 1 fully saturated rings. The van der Waals surface area contributed by atoms with Crippen molar-refractivity contribution in [3.63, 3.8) is 0 Å². The maximum absolute atomic E-state index is 14.3. The van der Waals surface area contributed by atoms with E-state index in [9.17, 15) is 39.0 Å². The number of amides is 6. The van der Waals surface area contributed by atoms with Crippen LogP contribution in [-0.2, 0) is 49.6 Å². The van der Waals surface area contributed by atoms with Crippen LogP contribution in [0.2, 0.25) is 0 Å². The number of alkyl carbamates (subject to hydrolysis) is 1. The van der Waals surface area contributed by atoms with Gasteiger partial charge in [0, 0.05) is 45.1 Å². The number of ether oxygens (including phenoxy) is 1. The van der Waals surface area contributed by atoms with Crippen LogP contribution in [0.15, 0.2) is 85.7 Å². The van der Waals surface area contributed by atoms with E-state index in [1.54, 1.807) is 63.5 Å². The normalized spacial score (nSPS) is 15.7. The number of carbonyl (C=O) groups is 6. The van der Waals surface area contributed by atoms with Crippen LogP contribution in [0.5, 0.6) is 0 Å². The lowest BCUT2D eigenvalue weighted by Crippen LogP contribution is -2.58. The van der Waals surface area contributed by atoms with Gasteiger partial charge >= 0.3 is 12.2 Å². The number of aromatic nitrogens is 4. The van der Waals surface area contributed by atoms with Gasteiger partial charge in [-0.2, -0.15) is 0 Å². The number of H-pyrrole nitrogens is 2. The van der Waals surface area contributed by atoms with Crippen LogP contribution in [-0.4, -0.2) is 120 Å². The maximum atomic E-state index is 14.3. The summed E-state index contributed by atoms with van der Waals surface area (Å²) in [6.07, 6.45) is 6.23. The summed E-state index contributed by atoms with van der Waals surface area (Å²) in [5.41, 5.74) is 1.60. The van der Waals surface area contributed by atoms with Crippen molar-refractivity contribution < 1.29 is 43.7 Å². The number of rotatable bonds is 22. The molecule has 19 nitrogen and oxygen atoms in total. The summed E-state index contributed by atoms with van der Waals surface area (Å²) < 4.78 is 5.47. The van der Waals surface area contributed by atoms with Gasteiger partial charge in [-0.05, 0) is 44.2 Å². The van der Waals surface area contributed by atoms with Crippen LogP contribution >= 0.6 is 0 Å². The first kappa shape index (κ1) is 50.2. The number of carboxylic acid groups (broad SMARTS) is 1. The number of aliphatic hydroxyl groups excluding tert-OH is 1. The van der Waals surface area contributed by atoms with Crippen molar-refractivity contribution in [1.82, 2.24) is 51.4 Å². The van der Waals surface area contributed by atoms with Crippen LogP contribution in [0, 0.1) is 5.92 Å². The number of aliphatic hydroxyl groups is 1. The van der Waals surface area contributed by atoms with Crippen molar-refractivity contribution in [1.29, 1.82) is 0 Å². The number of benzene rings is 2. The van der Waals surface area contributed by atoms with Crippen molar-refractivity contribution in [2.24, 2.45) is 5.92 Å². The fourth-order valence-corrected chi connectivity index (χ4v) is 7.98. The van der Waals surface area contributed by atoms with E-state index < -0.39 is 84.3 Å². The second-order valence-corrected chi connectivity index (χ2v) is 17.8. The number of likely N-dealkylation sites (N-methyl/N-ethyl adjacent to an activating group) is 1. The monoisotopic (exact) mass is 912 g/mol. The molecule has 0 unspecified atom stereocenters. The molecular formula is C47H64N10O9.